The minimum atomic E-state index is 0.0400. The van der Waals surface area contributed by atoms with Crippen molar-refractivity contribution < 1.29 is 0 Å². The number of nitrogens with zero attached hydrogens (tertiary/aromatic N) is 7. The van der Waals surface area contributed by atoms with Gasteiger partial charge in [0.05, 0.1) is 30.3 Å². The van der Waals surface area contributed by atoms with Crippen LogP contribution in [-0.4, -0.2) is 76.8 Å². The van der Waals surface area contributed by atoms with Gasteiger partial charge in [0.1, 0.15) is 11.6 Å². The highest BCUT2D eigenvalue weighted by Crippen LogP contribution is 2.30. The van der Waals surface area contributed by atoms with Crippen LogP contribution in [0.25, 0.3) is 11.1 Å². The maximum atomic E-state index is 12.2. The highest BCUT2D eigenvalue weighted by Gasteiger charge is 2.21. The van der Waals surface area contributed by atoms with E-state index in [0.717, 1.165) is 98.6 Å². The third kappa shape index (κ3) is 5.67. The Morgan fingerprint density at radius 2 is 1.68 bits per heavy atom. The van der Waals surface area contributed by atoms with Crippen molar-refractivity contribution in [3.8, 4) is 11.1 Å². The van der Waals surface area contributed by atoms with E-state index in [1.807, 2.05) is 31.6 Å². The van der Waals surface area contributed by atoms with Gasteiger partial charge in [0.15, 0.2) is 0 Å². The Kier molecular flexibility index (Phi) is 7.53. The molecule has 2 saturated heterocycles. The van der Waals surface area contributed by atoms with Crippen LogP contribution in [0.3, 0.4) is 0 Å². The molecule has 0 aliphatic carbocycles. The molecule has 2 fully saturated rings. The number of aryl methyl sites for hydroxylation is 2. The topological polar surface area (TPSA) is 82.4 Å². The van der Waals surface area contributed by atoms with Crippen molar-refractivity contribution in [2.45, 2.75) is 33.2 Å². The predicted molar refractivity (Wildman–Crippen MR) is 148 cm³/mol. The van der Waals surface area contributed by atoms with Gasteiger partial charge in [-0.15, -0.1) is 0 Å². The van der Waals surface area contributed by atoms with Gasteiger partial charge in [-0.05, 0) is 31.0 Å². The van der Waals surface area contributed by atoms with Crippen LogP contribution in [0.1, 0.15) is 36.8 Å². The lowest BCUT2D eigenvalue weighted by atomic mass is 9.97. The van der Waals surface area contributed by atoms with Gasteiger partial charge in [-0.1, -0.05) is 13.8 Å². The van der Waals surface area contributed by atoms with E-state index < -0.39 is 0 Å². The normalized spacial score (nSPS) is 17.0. The summed E-state index contributed by atoms with van der Waals surface area (Å²) in [7, 11) is 1.81. The van der Waals surface area contributed by atoms with Crippen LogP contribution in [0.5, 0.6) is 0 Å². The fraction of sp³-hybridized carbons (Fsp3) is 0.500. The fourth-order valence-electron chi connectivity index (χ4n) is 5.20. The molecule has 5 rings (SSSR count). The molecule has 3 aromatic rings. The number of aromatic nitrogens is 4. The summed E-state index contributed by atoms with van der Waals surface area (Å²) in [5.41, 5.74) is 5.09. The molecule has 0 unspecified atom stereocenters. The predicted octanol–water partition coefficient (Wildman–Crippen LogP) is 2.40. The van der Waals surface area contributed by atoms with Gasteiger partial charge in [-0.3, -0.25) is 9.69 Å². The van der Waals surface area contributed by atoms with Gasteiger partial charge in [-0.25, -0.2) is 15.0 Å². The van der Waals surface area contributed by atoms with Crippen LogP contribution in [-0.2, 0) is 13.6 Å². The molecule has 0 saturated carbocycles. The molecule has 1 N–H and O–H groups in total. The molecule has 2 aliphatic rings. The molecule has 3 aromatic heterocycles. The first-order valence-electron chi connectivity index (χ1n) is 13.3. The number of anilines is 2. The maximum Gasteiger partial charge on any atom is 0.253 e. The molecule has 9 nitrogen and oxygen atoms in total. The van der Waals surface area contributed by atoms with E-state index in [2.05, 4.69) is 56.0 Å². The molecule has 196 valence electrons. The number of rotatable bonds is 6. The molecule has 2 aliphatic heterocycles. The second kappa shape index (κ2) is 11.0. The lowest BCUT2D eigenvalue weighted by Gasteiger charge is -2.35. The van der Waals surface area contributed by atoms with E-state index in [4.69, 9.17) is 4.98 Å². The van der Waals surface area contributed by atoms with Crippen LogP contribution in [0.2, 0.25) is 0 Å². The Morgan fingerprint density at radius 3 is 2.32 bits per heavy atom. The van der Waals surface area contributed by atoms with Crippen molar-refractivity contribution in [3.63, 3.8) is 0 Å². The zero-order valence-corrected chi connectivity index (χ0v) is 22.4. The zero-order chi connectivity index (χ0) is 25.9. The largest absolute Gasteiger partial charge is 0.366 e. The highest BCUT2D eigenvalue weighted by molar-refractivity contribution is 5.68. The quantitative estimate of drug-likeness (QED) is 0.550. The second-order valence-electron chi connectivity index (χ2n) is 10.4. The molecule has 37 heavy (non-hydrogen) atoms. The minimum absolute atomic E-state index is 0.0400. The summed E-state index contributed by atoms with van der Waals surface area (Å²) in [6, 6.07) is 6.26. The van der Waals surface area contributed by atoms with E-state index in [9.17, 15) is 4.79 Å². The van der Waals surface area contributed by atoms with Crippen molar-refractivity contribution in [2.75, 3.05) is 62.2 Å². The minimum Gasteiger partial charge on any atom is -0.366 e. The van der Waals surface area contributed by atoms with Crippen LogP contribution < -0.4 is 20.7 Å². The van der Waals surface area contributed by atoms with Crippen molar-refractivity contribution in [1.82, 2.24) is 29.7 Å². The average molecular weight is 503 g/mol. The Morgan fingerprint density at radius 1 is 0.973 bits per heavy atom. The Labute approximate surface area is 219 Å². The zero-order valence-electron chi connectivity index (χ0n) is 22.4. The van der Waals surface area contributed by atoms with Crippen LogP contribution in [0.4, 0.5) is 11.5 Å². The SMILES string of the molecule is Cc1cc(-c2ccc(N3CCN(Cc4ncc(N5CCNCC5)cn4)CC3)nc2C(C)C)cn(C)c1=O. The molecule has 0 atom stereocenters. The first kappa shape index (κ1) is 25.4. The molecule has 9 heteroatoms. The standard InChI is InChI=1S/C28H38N8O/c1-20(2)27-24(22-15-21(3)28(37)33(4)18-22)5-6-26(32-27)36-13-11-34(12-14-36)19-25-30-16-23(17-31-25)35-9-7-29-8-10-35/h5-6,15-18,20,29H,7-14,19H2,1-4H3. The molecule has 0 amide bonds. The van der Waals surface area contributed by atoms with E-state index in [1.165, 1.54) is 0 Å². The Balaban J connectivity index is 1.23. The average Bonchev–Trinajstić information content (AvgIpc) is 2.92. The molecule has 0 spiro atoms. The molecule has 5 heterocycles. The fourth-order valence-corrected chi connectivity index (χ4v) is 5.20. The first-order chi connectivity index (χ1) is 17.9. The number of hydrogen-bond acceptors (Lipinski definition) is 8. The summed E-state index contributed by atoms with van der Waals surface area (Å²) < 4.78 is 1.66. The second-order valence-corrected chi connectivity index (χ2v) is 10.4. The van der Waals surface area contributed by atoms with Crippen molar-refractivity contribution in [1.29, 1.82) is 0 Å². The monoisotopic (exact) mass is 502 g/mol. The molecular weight excluding hydrogens is 464 g/mol. The first-order valence-corrected chi connectivity index (χ1v) is 13.3. The van der Waals surface area contributed by atoms with E-state index in [1.54, 1.807) is 11.6 Å². The maximum absolute atomic E-state index is 12.2. The Hall–Kier alpha value is -3.30. The number of nitrogens with one attached hydrogen (secondary N) is 1. The molecular formula is C28H38N8O. The summed E-state index contributed by atoms with van der Waals surface area (Å²) in [5.74, 6) is 2.17. The number of hydrogen-bond donors (Lipinski definition) is 1. The lowest BCUT2D eigenvalue weighted by Crippen LogP contribution is -2.46. The van der Waals surface area contributed by atoms with E-state index in [0.29, 0.717) is 0 Å². The van der Waals surface area contributed by atoms with Gasteiger partial charge in [0, 0.05) is 82.3 Å². The van der Waals surface area contributed by atoms with Crippen molar-refractivity contribution in [3.05, 3.63) is 64.2 Å². The number of piperazine rings is 2. The Bertz CT molecular complexity index is 1250. The summed E-state index contributed by atoms with van der Waals surface area (Å²) in [5, 5.41) is 3.38. The highest BCUT2D eigenvalue weighted by atomic mass is 16.1. The van der Waals surface area contributed by atoms with Gasteiger partial charge in [-0.2, -0.15) is 0 Å². The van der Waals surface area contributed by atoms with E-state index >= 15 is 0 Å². The third-order valence-electron chi connectivity index (χ3n) is 7.37. The summed E-state index contributed by atoms with van der Waals surface area (Å²) in [6.45, 7) is 14.7. The summed E-state index contributed by atoms with van der Waals surface area (Å²) >= 11 is 0. The van der Waals surface area contributed by atoms with Crippen molar-refractivity contribution >= 4 is 11.5 Å². The summed E-state index contributed by atoms with van der Waals surface area (Å²) in [4.78, 5) is 33.7. The van der Waals surface area contributed by atoms with Crippen LogP contribution >= 0.6 is 0 Å². The van der Waals surface area contributed by atoms with Gasteiger partial charge >= 0.3 is 0 Å². The molecule has 0 bridgehead atoms. The van der Waals surface area contributed by atoms with Crippen molar-refractivity contribution in [2.24, 2.45) is 7.05 Å². The molecule has 0 radical (unpaired) electrons. The van der Waals surface area contributed by atoms with E-state index in [-0.39, 0.29) is 11.5 Å². The number of pyridine rings is 2. The van der Waals surface area contributed by atoms with Gasteiger partial charge in [0.2, 0.25) is 0 Å². The summed E-state index contributed by atoms with van der Waals surface area (Å²) in [6.07, 6.45) is 5.85. The molecule has 0 aromatic carbocycles. The van der Waals surface area contributed by atoms with Gasteiger partial charge in [0.25, 0.3) is 5.56 Å². The smallest absolute Gasteiger partial charge is 0.253 e. The lowest BCUT2D eigenvalue weighted by molar-refractivity contribution is 0.243. The van der Waals surface area contributed by atoms with Crippen LogP contribution in [0, 0.1) is 6.92 Å². The van der Waals surface area contributed by atoms with Gasteiger partial charge < -0.3 is 19.7 Å². The van der Waals surface area contributed by atoms with Crippen LogP contribution in [0.15, 0.2) is 41.6 Å². The third-order valence-corrected chi connectivity index (χ3v) is 7.37.